The minimum Gasteiger partial charge on any atom is -0.389 e. The molecule has 3 heteroatoms. The van der Waals surface area contributed by atoms with Gasteiger partial charge in [0.15, 0.2) is 0 Å². The molecule has 1 rings (SSSR count). The van der Waals surface area contributed by atoms with E-state index in [-0.39, 0.29) is 17.2 Å². The Hall–Kier alpha value is -0.830. The van der Waals surface area contributed by atoms with Crippen molar-refractivity contribution in [3.8, 4) is 0 Å². The van der Waals surface area contributed by atoms with E-state index >= 15 is 0 Å². The topological polar surface area (TPSA) is 49.3 Å². The summed E-state index contributed by atoms with van der Waals surface area (Å²) < 4.78 is 0. The fraction of sp³-hybridized carbons (Fsp3) is 0.727. The molecule has 0 bridgehead atoms. The van der Waals surface area contributed by atoms with Crippen LogP contribution >= 0.6 is 0 Å². The highest BCUT2D eigenvalue weighted by Gasteiger charge is 2.40. The fourth-order valence-corrected chi connectivity index (χ4v) is 2.44. The minimum atomic E-state index is -0.411. The van der Waals surface area contributed by atoms with Gasteiger partial charge in [0.05, 0.1) is 12.0 Å². The molecule has 80 valence electrons. The quantitative estimate of drug-likeness (QED) is 0.618. The number of carbonyl (C=O) groups excluding carboxylic acids is 1. The Morgan fingerprint density at radius 1 is 1.64 bits per heavy atom. The Morgan fingerprint density at radius 3 is 2.64 bits per heavy atom. The summed E-state index contributed by atoms with van der Waals surface area (Å²) >= 11 is 0. The third-order valence-electron chi connectivity index (χ3n) is 2.94. The normalized spacial score (nSPS) is 30.8. The zero-order valence-electron chi connectivity index (χ0n) is 9.29. The monoisotopic (exact) mass is 197 g/mol. The molecule has 0 aliphatic heterocycles. The van der Waals surface area contributed by atoms with Gasteiger partial charge in [-0.2, -0.15) is 0 Å². The first kappa shape index (κ1) is 11.2. The maximum absolute atomic E-state index is 11.7. The minimum absolute atomic E-state index is 0.0376. The van der Waals surface area contributed by atoms with Gasteiger partial charge in [0.2, 0.25) is 5.91 Å². The van der Waals surface area contributed by atoms with Crippen LogP contribution in [-0.2, 0) is 4.79 Å². The number of amides is 1. The van der Waals surface area contributed by atoms with Crippen molar-refractivity contribution in [2.75, 3.05) is 7.05 Å². The molecule has 0 aromatic heterocycles. The fourth-order valence-electron chi connectivity index (χ4n) is 2.44. The summed E-state index contributed by atoms with van der Waals surface area (Å²) in [6, 6.07) is 0. The van der Waals surface area contributed by atoms with Gasteiger partial charge in [0, 0.05) is 7.05 Å². The molecule has 0 fully saturated rings. The lowest BCUT2D eigenvalue weighted by Crippen LogP contribution is -2.42. The number of carbonyl (C=O) groups is 1. The Bertz CT molecular complexity index is 268. The van der Waals surface area contributed by atoms with Gasteiger partial charge in [-0.25, -0.2) is 0 Å². The molecule has 1 aliphatic rings. The summed E-state index contributed by atoms with van der Waals surface area (Å²) in [6.07, 6.45) is 2.01. The predicted octanol–water partition coefficient (Wildman–Crippen LogP) is 1.09. The molecular formula is C11H19NO2. The summed E-state index contributed by atoms with van der Waals surface area (Å²) in [4.78, 5) is 11.7. The van der Waals surface area contributed by atoms with E-state index in [9.17, 15) is 9.90 Å². The van der Waals surface area contributed by atoms with Gasteiger partial charge >= 0.3 is 0 Å². The second-order valence-corrected chi connectivity index (χ2v) is 4.72. The lowest BCUT2D eigenvalue weighted by Gasteiger charge is -2.38. The van der Waals surface area contributed by atoms with E-state index in [0.29, 0.717) is 6.42 Å². The Morgan fingerprint density at radius 2 is 2.21 bits per heavy atom. The number of rotatable bonds is 1. The molecule has 0 aromatic rings. The van der Waals surface area contributed by atoms with Gasteiger partial charge in [-0.1, -0.05) is 25.5 Å². The van der Waals surface area contributed by atoms with Crippen molar-refractivity contribution in [1.82, 2.24) is 5.32 Å². The molecule has 2 atom stereocenters. The number of aliphatic hydroxyl groups is 1. The maximum Gasteiger partial charge on any atom is 0.227 e. The average Bonchev–Trinajstić information content (AvgIpc) is 1.99. The van der Waals surface area contributed by atoms with E-state index in [2.05, 4.69) is 5.32 Å². The first-order valence-electron chi connectivity index (χ1n) is 4.96. The van der Waals surface area contributed by atoms with Gasteiger partial charge < -0.3 is 10.4 Å². The van der Waals surface area contributed by atoms with Crippen molar-refractivity contribution >= 4 is 5.91 Å². The lowest BCUT2D eigenvalue weighted by molar-refractivity contribution is -0.127. The zero-order valence-corrected chi connectivity index (χ0v) is 9.29. The predicted molar refractivity (Wildman–Crippen MR) is 55.7 cm³/mol. The standard InChI is InChI=1S/C11H19NO2/c1-7-5-8(13)6-11(2,3)9(7)10(14)12-4/h5,8-9,13H,6H2,1-4H3,(H,12,14). The Labute approximate surface area is 85.2 Å². The van der Waals surface area contributed by atoms with Crippen LogP contribution in [0, 0.1) is 11.3 Å². The molecule has 0 saturated heterocycles. The maximum atomic E-state index is 11.7. The van der Waals surface area contributed by atoms with Crippen LogP contribution in [0.3, 0.4) is 0 Å². The van der Waals surface area contributed by atoms with E-state index in [4.69, 9.17) is 0 Å². The SMILES string of the molecule is CNC(=O)C1C(C)=CC(O)CC1(C)C. The van der Waals surface area contributed by atoms with Gasteiger partial charge in [-0.05, 0) is 18.8 Å². The van der Waals surface area contributed by atoms with Crippen LogP contribution in [0.4, 0.5) is 0 Å². The molecule has 2 unspecified atom stereocenters. The first-order chi connectivity index (χ1) is 6.38. The third-order valence-corrected chi connectivity index (χ3v) is 2.94. The second kappa shape index (κ2) is 3.73. The number of aliphatic hydroxyl groups excluding tert-OH is 1. The molecule has 0 saturated carbocycles. The summed E-state index contributed by atoms with van der Waals surface area (Å²) in [5, 5.41) is 12.3. The highest BCUT2D eigenvalue weighted by Crippen LogP contribution is 2.40. The van der Waals surface area contributed by atoms with Crippen LogP contribution in [-0.4, -0.2) is 24.2 Å². The van der Waals surface area contributed by atoms with Gasteiger partial charge in [-0.3, -0.25) is 4.79 Å². The van der Waals surface area contributed by atoms with Crippen molar-refractivity contribution < 1.29 is 9.90 Å². The Balaban J connectivity index is 3.01. The first-order valence-corrected chi connectivity index (χ1v) is 4.96. The van der Waals surface area contributed by atoms with Crippen LogP contribution in [0.2, 0.25) is 0 Å². The summed E-state index contributed by atoms with van der Waals surface area (Å²) in [7, 11) is 1.65. The van der Waals surface area contributed by atoms with E-state index in [1.165, 1.54) is 0 Å². The van der Waals surface area contributed by atoms with Crippen LogP contribution in [0.25, 0.3) is 0 Å². The highest BCUT2D eigenvalue weighted by atomic mass is 16.3. The smallest absolute Gasteiger partial charge is 0.227 e. The largest absolute Gasteiger partial charge is 0.389 e. The molecule has 1 aliphatic carbocycles. The van der Waals surface area contributed by atoms with Crippen LogP contribution in [0.1, 0.15) is 27.2 Å². The molecular weight excluding hydrogens is 178 g/mol. The van der Waals surface area contributed by atoms with Crippen molar-refractivity contribution in [2.24, 2.45) is 11.3 Å². The summed E-state index contributed by atoms with van der Waals surface area (Å²) in [5.74, 6) is -0.0773. The van der Waals surface area contributed by atoms with Gasteiger partial charge in [0.1, 0.15) is 0 Å². The van der Waals surface area contributed by atoms with Gasteiger partial charge in [-0.15, -0.1) is 0 Å². The second-order valence-electron chi connectivity index (χ2n) is 4.72. The van der Waals surface area contributed by atoms with E-state index in [1.54, 1.807) is 13.1 Å². The molecule has 2 N–H and O–H groups in total. The summed E-state index contributed by atoms with van der Waals surface area (Å²) in [5.41, 5.74) is 0.798. The van der Waals surface area contributed by atoms with E-state index < -0.39 is 6.10 Å². The highest BCUT2D eigenvalue weighted by molar-refractivity contribution is 5.82. The molecule has 3 nitrogen and oxygen atoms in total. The zero-order chi connectivity index (χ0) is 10.9. The number of hydrogen-bond donors (Lipinski definition) is 2. The molecule has 0 heterocycles. The third kappa shape index (κ3) is 1.98. The molecule has 0 aromatic carbocycles. The Kier molecular flexibility index (Phi) is 3.00. The van der Waals surface area contributed by atoms with Crippen molar-refractivity contribution in [3.05, 3.63) is 11.6 Å². The van der Waals surface area contributed by atoms with Crippen LogP contribution in [0.15, 0.2) is 11.6 Å². The average molecular weight is 197 g/mol. The molecule has 1 amide bonds. The van der Waals surface area contributed by atoms with E-state index in [0.717, 1.165) is 5.57 Å². The van der Waals surface area contributed by atoms with Crippen LogP contribution in [0.5, 0.6) is 0 Å². The molecule has 0 radical (unpaired) electrons. The number of nitrogens with one attached hydrogen (secondary N) is 1. The molecule has 0 spiro atoms. The van der Waals surface area contributed by atoms with Crippen molar-refractivity contribution in [3.63, 3.8) is 0 Å². The van der Waals surface area contributed by atoms with Crippen LogP contribution < -0.4 is 5.32 Å². The summed E-state index contributed by atoms with van der Waals surface area (Å²) in [6.45, 7) is 5.95. The van der Waals surface area contributed by atoms with E-state index in [1.807, 2.05) is 20.8 Å². The number of hydrogen-bond acceptors (Lipinski definition) is 2. The lowest BCUT2D eigenvalue weighted by atomic mass is 9.67. The van der Waals surface area contributed by atoms with Crippen molar-refractivity contribution in [1.29, 1.82) is 0 Å². The van der Waals surface area contributed by atoms with Crippen molar-refractivity contribution in [2.45, 2.75) is 33.3 Å². The van der Waals surface area contributed by atoms with Gasteiger partial charge in [0.25, 0.3) is 0 Å². The molecule has 14 heavy (non-hydrogen) atoms.